The zero-order valence-corrected chi connectivity index (χ0v) is 36.7. The van der Waals surface area contributed by atoms with Crippen LogP contribution in [0.15, 0.2) is 110 Å². The number of fused-ring (bicyclic) bond motifs is 2. The van der Waals surface area contributed by atoms with Gasteiger partial charge in [-0.05, 0) is 99.5 Å². The second-order valence-corrected chi connectivity index (χ2v) is 16.1. The summed E-state index contributed by atoms with van der Waals surface area (Å²) in [5.74, 6) is 0.913. The Kier molecular flexibility index (Phi) is 10.5. The van der Waals surface area contributed by atoms with E-state index in [0.717, 1.165) is 22.5 Å². The Morgan fingerprint density at radius 1 is 0.632 bits per heavy atom. The maximum atomic E-state index is 7.78. The van der Waals surface area contributed by atoms with E-state index in [2.05, 4.69) is 141 Å². The van der Waals surface area contributed by atoms with Crippen LogP contribution in [0.3, 0.4) is 0 Å². The Hall–Kier alpha value is -4.67. The minimum Gasteiger partial charge on any atom is -0.659 e. The number of para-hydroxylation sites is 2. The zero-order valence-electron chi connectivity index (χ0n) is 40.4. The molecular weight excluding hydrogens is 876 g/mol. The van der Waals surface area contributed by atoms with Gasteiger partial charge in [0.2, 0.25) is 6.71 Å². The van der Waals surface area contributed by atoms with Gasteiger partial charge in [0, 0.05) is 8.22 Å². The molecule has 57 heavy (non-hydrogen) atoms. The predicted molar refractivity (Wildman–Crippen MR) is 241 cm³/mol. The van der Waals surface area contributed by atoms with Crippen LogP contribution in [0.2, 0.25) is 0 Å². The van der Waals surface area contributed by atoms with Gasteiger partial charge in [0.15, 0.2) is 0 Å². The number of rotatable bonds is 7. The summed E-state index contributed by atoms with van der Waals surface area (Å²) in [6.45, 7) is 18.5. The third-order valence-electron chi connectivity index (χ3n) is 10.9. The molecule has 5 nitrogen and oxygen atoms in total. The first kappa shape index (κ1) is 34.4. The summed E-state index contributed by atoms with van der Waals surface area (Å²) >= 11 is 0. The molecule has 0 saturated heterocycles. The van der Waals surface area contributed by atoms with Crippen molar-refractivity contribution in [3.8, 4) is 11.1 Å². The number of hydrogen-bond donors (Lipinski definition) is 0. The molecule has 5 aromatic rings. The molecule has 0 bridgehead atoms. The van der Waals surface area contributed by atoms with E-state index in [1.165, 1.54) is 85.3 Å². The second-order valence-electron chi connectivity index (χ2n) is 16.1. The Labute approximate surface area is 366 Å². The minimum absolute atomic E-state index is 0. The fourth-order valence-corrected chi connectivity index (χ4v) is 8.17. The fraction of sp³-hybridized carbons (Fsp3) is 0.280. The van der Waals surface area contributed by atoms with Gasteiger partial charge in [-0.2, -0.15) is 13.3 Å². The van der Waals surface area contributed by atoms with E-state index in [9.17, 15) is 0 Å². The van der Waals surface area contributed by atoms with Gasteiger partial charge in [0.25, 0.3) is 0 Å². The van der Waals surface area contributed by atoms with Crippen LogP contribution < -0.4 is 26.2 Å². The van der Waals surface area contributed by atoms with Crippen LogP contribution in [0.25, 0.3) is 16.4 Å². The van der Waals surface area contributed by atoms with Crippen molar-refractivity contribution in [1.29, 1.82) is 0 Å². The first-order valence-electron chi connectivity index (χ1n) is 22.6. The van der Waals surface area contributed by atoms with Gasteiger partial charge in [-0.25, -0.2) is 0 Å². The second kappa shape index (κ2) is 17.4. The molecule has 5 aromatic carbocycles. The SMILES string of the molecule is Cc1cc(C)c(B2c3ccccc3[N-]c3ccccc32)c(C)c1.[2H]C([2H])([2H])N1C=CN(c2[c-]c(N3C=CN(C([2H])([2H])[2H])[CH-]3)cc(-c3c(C(C)C)cc(C(C)C)cc3C(C)C)c2)[CH-]1.[Pt+4]. The largest absolute Gasteiger partial charge is 4.00 e. The number of anilines is 2. The summed E-state index contributed by atoms with van der Waals surface area (Å²) in [4.78, 5) is 5.82. The molecule has 0 fully saturated rings. The minimum atomic E-state index is -2.31. The summed E-state index contributed by atoms with van der Waals surface area (Å²) < 4.78 is 46.7. The molecule has 294 valence electrons. The molecule has 3 aliphatic rings. The van der Waals surface area contributed by atoms with Crippen molar-refractivity contribution in [3.05, 3.63) is 168 Å². The molecule has 0 atom stereocenters. The van der Waals surface area contributed by atoms with Gasteiger partial charge in [0.1, 0.15) is 0 Å². The summed E-state index contributed by atoms with van der Waals surface area (Å²) in [6, 6.07) is 33.7. The molecule has 0 spiro atoms. The van der Waals surface area contributed by atoms with E-state index in [4.69, 9.17) is 13.5 Å². The van der Waals surface area contributed by atoms with E-state index >= 15 is 0 Å². The Morgan fingerprint density at radius 3 is 1.53 bits per heavy atom. The third kappa shape index (κ3) is 8.77. The predicted octanol–water partition coefficient (Wildman–Crippen LogP) is 11.0. The van der Waals surface area contributed by atoms with Crippen LogP contribution in [0.5, 0.6) is 0 Å². The normalized spacial score (nSPS) is 16.2. The molecule has 0 aliphatic carbocycles. The number of aryl methyl sites for hydroxylation is 3. The van der Waals surface area contributed by atoms with Gasteiger partial charge in [-0.15, -0.1) is 46.5 Å². The van der Waals surface area contributed by atoms with Crippen LogP contribution in [-0.4, -0.2) is 30.5 Å². The molecule has 8 rings (SSSR count). The monoisotopic (exact) mass is 938 g/mol. The van der Waals surface area contributed by atoms with Gasteiger partial charge in [-0.3, -0.25) is 0 Å². The quantitative estimate of drug-likeness (QED) is 0.118. The van der Waals surface area contributed by atoms with Crippen LogP contribution >= 0.6 is 0 Å². The topological polar surface area (TPSA) is 27.1 Å². The van der Waals surface area contributed by atoms with Crippen molar-refractivity contribution in [2.45, 2.75) is 80.1 Å². The van der Waals surface area contributed by atoms with E-state index in [0.29, 0.717) is 17.3 Å². The van der Waals surface area contributed by atoms with E-state index < -0.39 is 14.0 Å². The van der Waals surface area contributed by atoms with Crippen molar-refractivity contribution >= 4 is 45.9 Å². The first-order valence-corrected chi connectivity index (χ1v) is 19.6. The Morgan fingerprint density at radius 2 is 1.11 bits per heavy atom. The molecule has 0 saturated carbocycles. The van der Waals surface area contributed by atoms with Crippen molar-refractivity contribution < 1.29 is 29.3 Å². The summed E-state index contributed by atoms with van der Waals surface area (Å²) in [7, 11) is 0. The van der Waals surface area contributed by atoms with Crippen molar-refractivity contribution in [1.82, 2.24) is 9.80 Å². The maximum absolute atomic E-state index is 7.78. The van der Waals surface area contributed by atoms with Crippen molar-refractivity contribution in [2.24, 2.45) is 0 Å². The van der Waals surface area contributed by atoms with Gasteiger partial charge >= 0.3 is 21.1 Å². The third-order valence-corrected chi connectivity index (χ3v) is 10.9. The van der Waals surface area contributed by atoms with Crippen LogP contribution in [0.1, 0.15) is 101 Å². The molecule has 0 amide bonds. The zero-order chi connectivity index (χ0) is 44.8. The fourth-order valence-electron chi connectivity index (χ4n) is 8.17. The molecular formula is C50H56BN5Pt. The Balaban J connectivity index is 0.000000233. The van der Waals surface area contributed by atoms with Gasteiger partial charge < -0.3 is 24.9 Å². The van der Waals surface area contributed by atoms with E-state index in [-0.39, 0.29) is 39.6 Å². The number of benzene rings is 5. The van der Waals surface area contributed by atoms with Crippen LogP contribution in [-0.2, 0) is 21.1 Å². The molecule has 3 aliphatic heterocycles. The standard InChI is InChI=1S/C29H37N4.C21H19BN.Pt/c1-20(2)23-15-27(21(3)4)29(28(16-23)22(5)6)24-13-25(32-11-9-30(7)18-32)17-26(14-24)33-12-10-31(8)19-33;1-14-12-15(2)21(16(3)13-14)22-17-8-4-6-10-19(17)23-20-11-7-5-9-18(20)22;/h9-16,18-22H,1-8H3;4-13H,1-3H3;/q-3;-1;+4/i7D3,8D3;;. The molecule has 0 N–H and O–H groups in total. The van der Waals surface area contributed by atoms with Gasteiger partial charge in [0.05, 0.1) is 0 Å². The Bertz CT molecular complexity index is 2360. The van der Waals surface area contributed by atoms with Crippen LogP contribution in [0, 0.1) is 40.2 Å². The van der Waals surface area contributed by atoms with E-state index in [1.54, 1.807) is 22.2 Å². The average molecular weight is 939 g/mol. The molecule has 0 unspecified atom stereocenters. The molecule has 0 aromatic heterocycles. The summed E-state index contributed by atoms with van der Waals surface area (Å²) in [5, 5.41) is 4.86. The van der Waals surface area contributed by atoms with Crippen molar-refractivity contribution in [2.75, 3.05) is 23.8 Å². The maximum Gasteiger partial charge on any atom is 4.00 e. The molecule has 3 heterocycles. The van der Waals surface area contributed by atoms with Gasteiger partial charge in [-0.1, -0.05) is 147 Å². The number of hydrogen-bond acceptors (Lipinski definition) is 4. The summed E-state index contributed by atoms with van der Waals surface area (Å²) in [6.07, 6.45) is 6.42. The molecule has 0 radical (unpaired) electrons. The van der Waals surface area contributed by atoms with E-state index in [1.807, 2.05) is 12.1 Å². The average Bonchev–Trinajstić information content (AvgIpc) is 3.92. The van der Waals surface area contributed by atoms with Crippen LogP contribution in [0.4, 0.5) is 22.7 Å². The number of nitrogens with zero attached hydrogens (tertiary/aromatic N) is 5. The first-order chi connectivity index (χ1) is 29.2. The molecule has 7 heteroatoms. The smallest absolute Gasteiger partial charge is 0.659 e. The van der Waals surface area contributed by atoms with Crippen molar-refractivity contribution in [3.63, 3.8) is 0 Å². The summed E-state index contributed by atoms with van der Waals surface area (Å²) in [5.41, 5.74) is 17.4.